The monoisotopic (exact) mass is 315 g/mol. The zero-order chi connectivity index (χ0) is 16.6. The van der Waals surface area contributed by atoms with Gasteiger partial charge in [0.05, 0.1) is 5.52 Å². The fourth-order valence-corrected chi connectivity index (χ4v) is 4.05. The van der Waals surface area contributed by atoms with E-state index >= 15 is 0 Å². The van der Waals surface area contributed by atoms with E-state index in [-0.39, 0.29) is 5.69 Å². The van der Waals surface area contributed by atoms with Crippen LogP contribution in [0.5, 0.6) is 0 Å². The average Bonchev–Trinajstić information content (AvgIpc) is 3.22. The van der Waals surface area contributed by atoms with Gasteiger partial charge in [0.25, 0.3) is 0 Å². The lowest BCUT2D eigenvalue weighted by Gasteiger charge is -2.19. The van der Waals surface area contributed by atoms with E-state index < -0.39 is 5.97 Å². The number of hydrogen-bond donors (Lipinski definition) is 1. The molecule has 1 aromatic heterocycles. The summed E-state index contributed by atoms with van der Waals surface area (Å²) in [5, 5.41) is 14.0. The number of aryl methyl sites for hydroxylation is 1. The number of carboxylic acids is 1. The van der Waals surface area contributed by atoms with E-state index in [0.717, 1.165) is 30.4 Å². The third-order valence-corrected chi connectivity index (χ3v) is 5.13. The molecule has 0 bridgehead atoms. The van der Waals surface area contributed by atoms with Crippen molar-refractivity contribution in [2.75, 3.05) is 18.0 Å². The van der Waals surface area contributed by atoms with Gasteiger partial charge in [0.15, 0.2) is 5.69 Å². The smallest absolute Gasteiger partial charge is 0.357 e. The highest BCUT2D eigenvalue weighted by molar-refractivity contribution is 6.02. The van der Waals surface area contributed by atoms with E-state index in [1.807, 2.05) is 26.0 Å². The lowest BCUT2D eigenvalue weighted by atomic mass is 10.0. The van der Waals surface area contributed by atoms with Crippen molar-refractivity contribution in [2.24, 2.45) is 18.9 Å². The fourth-order valence-electron chi connectivity index (χ4n) is 4.05. The van der Waals surface area contributed by atoms with Crippen molar-refractivity contribution in [3.63, 3.8) is 0 Å². The number of aromatic nitrogens is 2. The van der Waals surface area contributed by atoms with Gasteiger partial charge in [-0.15, -0.1) is 0 Å². The highest BCUT2D eigenvalue weighted by Gasteiger charge is 2.36. The Balaban J connectivity index is 0.000000753. The molecule has 2 heterocycles. The molecule has 2 aromatic rings. The first-order valence-electron chi connectivity index (χ1n) is 8.58. The van der Waals surface area contributed by atoms with E-state index in [4.69, 9.17) is 0 Å². The second-order valence-electron chi connectivity index (χ2n) is 6.33. The van der Waals surface area contributed by atoms with E-state index in [1.54, 1.807) is 11.7 Å². The van der Waals surface area contributed by atoms with Crippen molar-refractivity contribution in [2.45, 2.75) is 33.1 Å². The molecule has 2 aliphatic rings. The van der Waals surface area contributed by atoms with E-state index in [9.17, 15) is 9.90 Å². The first-order valence-corrected chi connectivity index (χ1v) is 8.58. The van der Waals surface area contributed by atoms with Crippen molar-refractivity contribution in [1.82, 2.24) is 9.78 Å². The predicted molar refractivity (Wildman–Crippen MR) is 92.1 cm³/mol. The number of hydrogen-bond acceptors (Lipinski definition) is 3. The molecule has 23 heavy (non-hydrogen) atoms. The Morgan fingerprint density at radius 2 is 1.87 bits per heavy atom. The zero-order valence-electron chi connectivity index (χ0n) is 14.1. The quantitative estimate of drug-likeness (QED) is 0.921. The molecule has 5 heteroatoms. The third-order valence-electron chi connectivity index (χ3n) is 5.13. The minimum absolute atomic E-state index is 0.136. The molecular formula is C18H25N3O2. The van der Waals surface area contributed by atoms with Gasteiger partial charge in [-0.25, -0.2) is 4.79 Å². The molecule has 0 amide bonds. The van der Waals surface area contributed by atoms with Gasteiger partial charge in [0, 0.05) is 31.2 Å². The van der Waals surface area contributed by atoms with Crippen LogP contribution in [0.2, 0.25) is 0 Å². The molecule has 0 radical (unpaired) electrons. The standard InChI is InChI=1S/C16H19N3O2.C2H6/c1-18-14-7-12(5-6-13(14)15(17-18)16(20)21)19-8-10-3-2-4-11(10)9-19;1-2/h5-7,10-11H,2-4,8-9H2,1H3,(H,20,21);1-2H3/t10-,11+;. The highest BCUT2D eigenvalue weighted by Crippen LogP contribution is 2.40. The maximum atomic E-state index is 11.2. The molecule has 1 saturated carbocycles. The Morgan fingerprint density at radius 1 is 1.22 bits per heavy atom. The summed E-state index contributed by atoms with van der Waals surface area (Å²) in [6.45, 7) is 6.28. The van der Waals surface area contributed by atoms with E-state index in [2.05, 4.69) is 16.1 Å². The Morgan fingerprint density at radius 3 is 2.48 bits per heavy atom. The van der Waals surface area contributed by atoms with Crippen LogP contribution < -0.4 is 4.90 Å². The first kappa shape index (κ1) is 15.8. The van der Waals surface area contributed by atoms with Crippen LogP contribution in [0.15, 0.2) is 18.2 Å². The number of benzene rings is 1. The Kier molecular flexibility index (Phi) is 4.28. The Hall–Kier alpha value is -2.04. The second-order valence-corrected chi connectivity index (χ2v) is 6.33. The van der Waals surface area contributed by atoms with E-state index in [1.165, 1.54) is 24.9 Å². The second kappa shape index (κ2) is 6.22. The number of nitrogens with zero attached hydrogens (tertiary/aromatic N) is 3. The lowest BCUT2D eigenvalue weighted by Crippen LogP contribution is -2.20. The summed E-state index contributed by atoms with van der Waals surface area (Å²) in [6, 6.07) is 6.02. The largest absolute Gasteiger partial charge is 0.476 e. The first-order chi connectivity index (χ1) is 11.1. The molecule has 4 rings (SSSR count). The van der Waals surface area contributed by atoms with Gasteiger partial charge in [0.2, 0.25) is 0 Å². The maximum Gasteiger partial charge on any atom is 0.357 e. The summed E-state index contributed by atoms with van der Waals surface area (Å²) in [4.78, 5) is 13.7. The molecule has 1 aromatic carbocycles. The summed E-state index contributed by atoms with van der Waals surface area (Å²) in [7, 11) is 1.80. The van der Waals surface area contributed by atoms with Gasteiger partial charge in [-0.2, -0.15) is 5.10 Å². The van der Waals surface area contributed by atoms with Crippen LogP contribution in [0.4, 0.5) is 5.69 Å². The molecule has 0 spiro atoms. The molecule has 1 aliphatic heterocycles. The van der Waals surface area contributed by atoms with Gasteiger partial charge in [-0.3, -0.25) is 4.68 Å². The molecule has 0 unspecified atom stereocenters. The minimum atomic E-state index is -0.968. The number of anilines is 1. The van der Waals surface area contributed by atoms with Gasteiger partial charge in [-0.05, 0) is 42.9 Å². The average molecular weight is 315 g/mol. The Bertz CT molecular complexity index is 710. The third kappa shape index (κ3) is 2.69. The highest BCUT2D eigenvalue weighted by atomic mass is 16.4. The van der Waals surface area contributed by atoms with Gasteiger partial charge >= 0.3 is 5.97 Å². The van der Waals surface area contributed by atoms with Crippen molar-refractivity contribution in [3.05, 3.63) is 23.9 Å². The van der Waals surface area contributed by atoms with Crippen LogP contribution >= 0.6 is 0 Å². The normalized spacial score (nSPS) is 22.8. The van der Waals surface area contributed by atoms with Crippen LogP contribution in [-0.4, -0.2) is 33.9 Å². The minimum Gasteiger partial charge on any atom is -0.476 e. The number of aromatic carboxylic acids is 1. The summed E-state index contributed by atoms with van der Waals surface area (Å²) in [5.74, 6) is 0.729. The summed E-state index contributed by atoms with van der Waals surface area (Å²) >= 11 is 0. The molecular weight excluding hydrogens is 290 g/mol. The van der Waals surface area contributed by atoms with Gasteiger partial charge in [-0.1, -0.05) is 20.3 Å². The maximum absolute atomic E-state index is 11.2. The van der Waals surface area contributed by atoms with Crippen molar-refractivity contribution < 1.29 is 9.90 Å². The lowest BCUT2D eigenvalue weighted by molar-refractivity contribution is 0.0691. The molecule has 1 saturated heterocycles. The van der Waals surface area contributed by atoms with E-state index in [0.29, 0.717) is 5.39 Å². The van der Waals surface area contributed by atoms with Gasteiger partial charge in [0.1, 0.15) is 0 Å². The van der Waals surface area contributed by atoms with Gasteiger partial charge < -0.3 is 10.0 Å². The number of rotatable bonds is 2. The topological polar surface area (TPSA) is 58.4 Å². The molecule has 1 aliphatic carbocycles. The molecule has 2 fully saturated rings. The van der Waals surface area contributed by atoms with Crippen LogP contribution in [0.25, 0.3) is 10.9 Å². The summed E-state index contributed by atoms with van der Waals surface area (Å²) < 4.78 is 1.67. The van der Waals surface area contributed by atoms with Crippen LogP contribution in [0.1, 0.15) is 43.6 Å². The summed E-state index contributed by atoms with van der Waals surface area (Å²) in [6.07, 6.45) is 4.10. The predicted octanol–water partition coefficient (Wildman–Crippen LogP) is 3.53. The Labute approximate surface area is 136 Å². The van der Waals surface area contributed by atoms with Crippen LogP contribution in [-0.2, 0) is 7.05 Å². The van der Waals surface area contributed by atoms with Crippen LogP contribution in [0.3, 0.4) is 0 Å². The van der Waals surface area contributed by atoms with Crippen molar-refractivity contribution in [1.29, 1.82) is 0 Å². The van der Waals surface area contributed by atoms with Crippen LogP contribution in [0, 0.1) is 11.8 Å². The molecule has 124 valence electrons. The molecule has 2 atom stereocenters. The molecule has 5 nitrogen and oxygen atoms in total. The number of fused-ring (bicyclic) bond motifs is 2. The van der Waals surface area contributed by atoms with Crippen molar-refractivity contribution in [3.8, 4) is 0 Å². The number of carbonyl (C=O) groups is 1. The zero-order valence-corrected chi connectivity index (χ0v) is 14.1. The summed E-state index contributed by atoms with van der Waals surface area (Å²) in [5.41, 5.74) is 2.22. The SMILES string of the molecule is CC.Cn1nc(C(=O)O)c2ccc(N3C[C@H]4CCC[C@H]4C3)cc21. The van der Waals surface area contributed by atoms with Crippen molar-refractivity contribution >= 4 is 22.6 Å². The fraction of sp³-hybridized carbons (Fsp3) is 0.556. The number of carboxylic acid groups (broad SMARTS) is 1. The molecule has 1 N–H and O–H groups in total.